The number of carbonyl (C=O) groups excluding carboxylic acids is 2. The van der Waals surface area contributed by atoms with E-state index in [1.54, 1.807) is 6.92 Å². The van der Waals surface area contributed by atoms with Crippen molar-refractivity contribution >= 4 is 82.5 Å². The predicted octanol–water partition coefficient (Wildman–Crippen LogP) is 8.37. The maximum absolute atomic E-state index is 11.9. The van der Waals surface area contributed by atoms with Crippen molar-refractivity contribution in [3.8, 4) is 22.6 Å². The van der Waals surface area contributed by atoms with Crippen molar-refractivity contribution in [3.63, 3.8) is 0 Å². The number of rotatable bonds is 20. The molecule has 0 spiro atoms. The van der Waals surface area contributed by atoms with Gasteiger partial charge in [0.15, 0.2) is 12.2 Å². The molecule has 2 aliphatic heterocycles. The SMILES string of the molecule is C=CC(=O)OC(COCCC1SCSCS1)COc1ccc(-c2ccc(OC(OCCC3SCSCS3)C(C)OC(=O)C=C)cc2)cc1. The van der Waals surface area contributed by atoms with Crippen LogP contribution in [0.25, 0.3) is 11.1 Å². The Balaban J connectivity index is 1.27. The fourth-order valence-electron chi connectivity index (χ4n) is 4.34. The highest BCUT2D eigenvalue weighted by Gasteiger charge is 2.25. The van der Waals surface area contributed by atoms with E-state index in [2.05, 4.69) is 13.2 Å². The summed E-state index contributed by atoms with van der Waals surface area (Å²) in [6, 6.07) is 15.3. The third kappa shape index (κ3) is 14.4. The van der Waals surface area contributed by atoms with Crippen LogP contribution < -0.4 is 9.47 Å². The Bertz CT molecular complexity index is 1270. The Labute approximate surface area is 309 Å². The lowest BCUT2D eigenvalue weighted by Crippen LogP contribution is -2.36. The van der Waals surface area contributed by atoms with E-state index in [1.807, 2.05) is 119 Å². The van der Waals surface area contributed by atoms with Crippen molar-refractivity contribution < 1.29 is 38.0 Å². The van der Waals surface area contributed by atoms with E-state index in [0.29, 0.717) is 33.9 Å². The van der Waals surface area contributed by atoms with Gasteiger partial charge in [0.25, 0.3) is 0 Å². The van der Waals surface area contributed by atoms with Crippen molar-refractivity contribution in [1.29, 1.82) is 0 Å². The molecule has 2 aromatic rings. The van der Waals surface area contributed by atoms with Gasteiger partial charge >= 0.3 is 11.9 Å². The summed E-state index contributed by atoms with van der Waals surface area (Å²) >= 11 is 11.6. The van der Waals surface area contributed by atoms with Gasteiger partial charge in [0.05, 0.1) is 22.4 Å². The Hall–Kier alpha value is -1.52. The Morgan fingerprint density at radius 3 is 1.83 bits per heavy atom. The third-order valence-corrected chi connectivity index (χ3v) is 15.7. The molecule has 0 amide bonds. The predicted molar refractivity (Wildman–Crippen MR) is 206 cm³/mol. The van der Waals surface area contributed by atoms with E-state index in [0.717, 1.165) is 56.5 Å². The first-order valence-corrected chi connectivity index (χ1v) is 21.9. The van der Waals surface area contributed by atoms with Gasteiger partial charge in [-0.2, -0.15) is 0 Å². The summed E-state index contributed by atoms with van der Waals surface area (Å²) < 4.78 is 35.9. The molecule has 48 heavy (non-hydrogen) atoms. The van der Waals surface area contributed by atoms with Gasteiger partial charge in [-0.05, 0) is 55.2 Å². The number of thioether (sulfide) groups is 6. The lowest BCUT2D eigenvalue weighted by Gasteiger charge is -2.26. The molecular weight excluding hydrogens is 729 g/mol. The van der Waals surface area contributed by atoms with Gasteiger partial charge in [0.1, 0.15) is 18.1 Å². The molecule has 2 aliphatic rings. The van der Waals surface area contributed by atoms with Gasteiger partial charge in [-0.15, -0.1) is 70.6 Å². The fraction of sp³-hybridized carbons (Fsp3) is 0.471. The summed E-state index contributed by atoms with van der Waals surface area (Å²) in [5.41, 5.74) is 1.98. The van der Waals surface area contributed by atoms with Crippen molar-refractivity contribution in [3.05, 3.63) is 73.8 Å². The minimum absolute atomic E-state index is 0.162. The Kier molecular flexibility index (Phi) is 18.3. The Morgan fingerprint density at radius 1 is 0.750 bits per heavy atom. The molecule has 0 N–H and O–H groups in total. The molecule has 2 fully saturated rings. The van der Waals surface area contributed by atoms with E-state index in [1.165, 1.54) is 0 Å². The van der Waals surface area contributed by atoms with Crippen LogP contribution in [0, 0.1) is 0 Å². The molecule has 0 bridgehead atoms. The zero-order chi connectivity index (χ0) is 34.0. The van der Waals surface area contributed by atoms with Gasteiger partial charge < -0.3 is 28.4 Å². The second-order valence-corrected chi connectivity index (χ2v) is 19.2. The summed E-state index contributed by atoms with van der Waals surface area (Å²) in [5.74, 6) is 0.216. The van der Waals surface area contributed by atoms with Crippen LogP contribution in [0.4, 0.5) is 0 Å². The molecule has 3 atom stereocenters. The molecule has 2 aromatic carbocycles. The van der Waals surface area contributed by atoms with Crippen molar-refractivity contribution in [1.82, 2.24) is 0 Å². The molecular formula is C34H42O8S6. The first kappa shape index (κ1) is 39.3. The number of benzene rings is 2. The van der Waals surface area contributed by atoms with E-state index >= 15 is 0 Å². The quantitative estimate of drug-likeness (QED) is 0.0559. The number of hydrogen-bond acceptors (Lipinski definition) is 14. The van der Waals surface area contributed by atoms with Crippen LogP contribution in [-0.2, 0) is 28.5 Å². The fourth-order valence-corrected chi connectivity index (χ4v) is 13.9. The standard InChI is InChI=1S/C34H42O8S6/c1-4-30(35)40-24(3)34(38-17-15-33-47-22-44-23-48-33)42-28-12-8-26(9-13-28)25-6-10-27(11-7-25)39-19-29(41-31(36)5-2)18-37-16-14-32-45-20-43-21-46-32/h4-13,24,29,32-34H,1-2,14-23H2,3H3. The zero-order valence-corrected chi connectivity index (χ0v) is 31.8. The van der Waals surface area contributed by atoms with Crippen molar-refractivity contribution in [2.24, 2.45) is 0 Å². The van der Waals surface area contributed by atoms with Crippen LogP contribution in [0.15, 0.2) is 73.8 Å². The monoisotopic (exact) mass is 770 g/mol. The van der Waals surface area contributed by atoms with E-state index in [9.17, 15) is 9.59 Å². The van der Waals surface area contributed by atoms with Crippen LogP contribution in [0.2, 0.25) is 0 Å². The molecule has 0 aromatic heterocycles. The average molecular weight is 771 g/mol. The van der Waals surface area contributed by atoms with Crippen LogP contribution in [0.1, 0.15) is 19.8 Å². The third-order valence-electron chi connectivity index (χ3n) is 6.82. The second kappa shape index (κ2) is 22.3. The van der Waals surface area contributed by atoms with Gasteiger partial charge in [0, 0.05) is 39.1 Å². The molecule has 3 unspecified atom stereocenters. The zero-order valence-electron chi connectivity index (χ0n) is 26.9. The topological polar surface area (TPSA) is 89.5 Å². The summed E-state index contributed by atoms with van der Waals surface area (Å²) in [6.45, 7) is 10.2. The van der Waals surface area contributed by atoms with E-state index < -0.39 is 30.4 Å². The van der Waals surface area contributed by atoms with Gasteiger partial charge in [-0.1, -0.05) is 37.4 Å². The van der Waals surface area contributed by atoms with Crippen molar-refractivity contribution in [2.75, 3.05) is 46.8 Å². The van der Waals surface area contributed by atoms with Gasteiger partial charge in [0.2, 0.25) is 6.29 Å². The highest BCUT2D eigenvalue weighted by molar-refractivity contribution is 8.32. The maximum atomic E-state index is 11.9. The second-order valence-electron chi connectivity index (χ2n) is 10.4. The van der Waals surface area contributed by atoms with Crippen LogP contribution in [-0.4, -0.2) is 86.4 Å². The molecule has 2 saturated heterocycles. The summed E-state index contributed by atoms with van der Waals surface area (Å²) in [4.78, 5) is 23.7. The maximum Gasteiger partial charge on any atom is 0.330 e. The van der Waals surface area contributed by atoms with E-state index in [-0.39, 0.29) is 13.2 Å². The molecule has 2 heterocycles. The summed E-state index contributed by atoms with van der Waals surface area (Å²) in [7, 11) is 0. The number of esters is 2. The normalized spacial score (nSPS) is 17.4. The number of ether oxygens (including phenoxy) is 6. The molecule has 262 valence electrons. The van der Waals surface area contributed by atoms with E-state index in [4.69, 9.17) is 28.4 Å². The first-order valence-electron chi connectivity index (χ1n) is 15.4. The van der Waals surface area contributed by atoms with Crippen LogP contribution >= 0.6 is 70.6 Å². The number of carbonyl (C=O) groups is 2. The average Bonchev–Trinajstić information content (AvgIpc) is 3.13. The van der Waals surface area contributed by atoms with Crippen LogP contribution in [0.3, 0.4) is 0 Å². The van der Waals surface area contributed by atoms with Gasteiger partial charge in [-0.25, -0.2) is 9.59 Å². The van der Waals surface area contributed by atoms with Gasteiger partial charge in [-0.3, -0.25) is 0 Å². The largest absolute Gasteiger partial charge is 0.490 e. The molecule has 0 aliphatic carbocycles. The summed E-state index contributed by atoms with van der Waals surface area (Å²) in [5, 5.41) is 4.42. The smallest absolute Gasteiger partial charge is 0.330 e. The molecule has 0 radical (unpaired) electrons. The number of hydrogen-bond donors (Lipinski definition) is 0. The molecule has 8 nitrogen and oxygen atoms in total. The highest BCUT2D eigenvalue weighted by Crippen LogP contribution is 2.38. The molecule has 4 rings (SSSR count). The highest BCUT2D eigenvalue weighted by atomic mass is 32.3. The lowest BCUT2D eigenvalue weighted by molar-refractivity contribution is -0.174. The lowest BCUT2D eigenvalue weighted by atomic mass is 10.1. The minimum atomic E-state index is -0.766. The molecule has 0 saturated carbocycles. The minimum Gasteiger partial charge on any atom is -0.490 e. The first-order chi connectivity index (χ1) is 23.4. The summed E-state index contributed by atoms with van der Waals surface area (Å²) in [6.07, 6.45) is 2.16. The Morgan fingerprint density at radius 2 is 1.27 bits per heavy atom. The van der Waals surface area contributed by atoms with Crippen LogP contribution in [0.5, 0.6) is 11.5 Å². The molecule has 14 heteroatoms. The van der Waals surface area contributed by atoms with Crippen molar-refractivity contribution in [2.45, 2.75) is 47.4 Å².